The molecule has 0 aromatic carbocycles. The zero-order valence-corrected chi connectivity index (χ0v) is 11.3. The number of pyridine rings is 1. The van der Waals surface area contributed by atoms with Gasteiger partial charge in [-0.05, 0) is 24.6 Å². The van der Waals surface area contributed by atoms with Crippen LogP contribution in [0.25, 0.3) is 11.4 Å². The quantitative estimate of drug-likeness (QED) is 0.891. The first kappa shape index (κ1) is 13.3. The third-order valence-corrected chi connectivity index (χ3v) is 2.80. The monoisotopic (exact) mass is 258 g/mol. The van der Waals surface area contributed by atoms with E-state index in [1.54, 1.807) is 10.9 Å². The van der Waals surface area contributed by atoms with Gasteiger partial charge in [0.2, 0.25) is 5.91 Å². The van der Waals surface area contributed by atoms with E-state index in [1.807, 2.05) is 38.2 Å². The summed E-state index contributed by atoms with van der Waals surface area (Å²) in [4.78, 5) is 15.7. The van der Waals surface area contributed by atoms with E-state index in [-0.39, 0.29) is 5.91 Å². The highest BCUT2D eigenvalue weighted by atomic mass is 16.1. The molecule has 0 aliphatic heterocycles. The fourth-order valence-electron chi connectivity index (χ4n) is 1.87. The number of hydrogen-bond donors (Lipinski definition) is 1. The molecule has 0 aliphatic carbocycles. The Morgan fingerprint density at radius 2 is 2.26 bits per heavy atom. The summed E-state index contributed by atoms with van der Waals surface area (Å²) >= 11 is 0. The molecular weight excluding hydrogens is 240 g/mol. The third-order valence-electron chi connectivity index (χ3n) is 2.80. The Balaban J connectivity index is 2.07. The summed E-state index contributed by atoms with van der Waals surface area (Å²) in [6.07, 6.45) is 3.16. The van der Waals surface area contributed by atoms with Crippen molar-refractivity contribution in [3.63, 3.8) is 0 Å². The summed E-state index contributed by atoms with van der Waals surface area (Å²) in [5.41, 5.74) is 2.66. The van der Waals surface area contributed by atoms with E-state index in [2.05, 4.69) is 15.4 Å². The van der Waals surface area contributed by atoms with Crippen molar-refractivity contribution in [3.05, 3.63) is 36.2 Å². The van der Waals surface area contributed by atoms with Gasteiger partial charge in [0.15, 0.2) is 0 Å². The molecule has 0 aliphatic rings. The van der Waals surface area contributed by atoms with Gasteiger partial charge in [-0.3, -0.25) is 14.5 Å². The number of nitrogens with zero attached hydrogens (tertiary/aromatic N) is 3. The van der Waals surface area contributed by atoms with Crippen LogP contribution in [0.5, 0.6) is 0 Å². The Morgan fingerprint density at radius 3 is 2.95 bits per heavy atom. The van der Waals surface area contributed by atoms with Crippen molar-refractivity contribution in [2.45, 2.75) is 26.3 Å². The molecule has 100 valence electrons. The number of carbonyl (C=O) groups excluding carboxylic acids is 1. The average Bonchev–Trinajstić information content (AvgIpc) is 2.79. The molecule has 5 heteroatoms. The highest BCUT2D eigenvalue weighted by molar-refractivity contribution is 5.75. The van der Waals surface area contributed by atoms with Gasteiger partial charge >= 0.3 is 0 Å². The van der Waals surface area contributed by atoms with Crippen LogP contribution in [0.2, 0.25) is 0 Å². The van der Waals surface area contributed by atoms with Crippen LogP contribution in [0.3, 0.4) is 0 Å². The second-order valence-electron chi connectivity index (χ2n) is 4.39. The first-order valence-corrected chi connectivity index (χ1v) is 6.41. The van der Waals surface area contributed by atoms with Gasteiger partial charge in [0.1, 0.15) is 0 Å². The molecule has 0 fully saturated rings. The minimum atomic E-state index is 0.0625. The maximum atomic E-state index is 11.4. The van der Waals surface area contributed by atoms with Gasteiger partial charge in [0.05, 0.1) is 23.6 Å². The molecule has 0 saturated heterocycles. The summed E-state index contributed by atoms with van der Waals surface area (Å²) in [6, 6.07) is 7.72. The Kier molecular flexibility index (Phi) is 4.28. The topological polar surface area (TPSA) is 59.8 Å². The van der Waals surface area contributed by atoms with E-state index in [1.165, 1.54) is 0 Å². The second-order valence-corrected chi connectivity index (χ2v) is 4.39. The van der Waals surface area contributed by atoms with Gasteiger partial charge in [0, 0.05) is 19.7 Å². The first-order chi connectivity index (χ1) is 9.20. The molecule has 1 amide bonds. The van der Waals surface area contributed by atoms with Crippen LogP contribution in [-0.2, 0) is 18.4 Å². The van der Waals surface area contributed by atoms with Crippen LogP contribution < -0.4 is 5.32 Å². The Bertz CT molecular complexity index is 548. The van der Waals surface area contributed by atoms with Gasteiger partial charge in [0.25, 0.3) is 0 Å². The highest BCUT2D eigenvalue weighted by Crippen LogP contribution is 2.16. The predicted molar refractivity (Wildman–Crippen MR) is 73.2 cm³/mol. The number of rotatable bonds is 5. The molecule has 0 saturated carbocycles. The largest absolute Gasteiger partial charge is 0.350 e. The Hall–Kier alpha value is -2.17. The van der Waals surface area contributed by atoms with Crippen LogP contribution in [0, 0.1) is 0 Å². The van der Waals surface area contributed by atoms with Crippen molar-refractivity contribution in [3.8, 4) is 11.4 Å². The Labute approximate surface area is 112 Å². The standard InChI is InChI=1S/C14H18N4O/c1-3-6-14(19)16-10-11-9-13(18(2)17-11)12-7-4-5-8-15-12/h4-5,7-9H,3,6,10H2,1-2H3,(H,16,19). The van der Waals surface area contributed by atoms with Gasteiger partial charge in [-0.1, -0.05) is 13.0 Å². The Morgan fingerprint density at radius 1 is 1.42 bits per heavy atom. The van der Waals surface area contributed by atoms with E-state index >= 15 is 0 Å². The minimum Gasteiger partial charge on any atom is -0.350 e. The van der Waals surface area contributed by atoms with Gasteiger partial charge < -0.3 is 5.32 Å². The number of amides is 1. The first-order valence-electron chi connectivity index (χ1n) is 6.41. The SMILES string of the molecule is CCCC(=O)NCc1cc(-c2ccccn2)n(C)n1. The van der Waals surface area contributed by atoms with Gasteiger partial charge in [-0.15, -0.1) is 0 Å². The summed E-state index contributed by atoms with van der Waals surface area (Å²) in [7, 11) is 1.88. The lowest BCUT2D eigenvalue weighted by Crippen LogP contribution is -2.22. The van der Waals surface area contributed by atoms with Gasteiger partial charge in [-0.25, -0.2) is 0 Å². The molecule has 2 aromatic heterocycles. The molecule has 2 heterocycles. The third kappa shape index (κ3) is 3.40. The number of nitrogens with one attached hydrogen (secondary N) is 1. The maximum absolute atomic E-state index is 11.4. The normalized spacial score (nSPS) is 10.4. The van der Waals surface area contributed by atoms with Crippen molar-refractivity contribution in [2.24, 2.45) is 7.05 Å². The second kappa shape index (κ2) is 6.13. The van der Waals surface area contributed by atoms with Gasteiger partial charge in [-0.2, -0.15) is 5.10 Å². The van der Waals surface area contributed by atoms with E-state index in [9.17, 15) is 4.79 Å². The summed E-state index contributed by atoms with van der Waals surface area (Å²) in [6.45, 7) is 2.44. The fourth-order valence-corrected chi connectivity index (χ4v) is 1.87. The smallest absolute Gasteiger partial charge is 0.220 e. The minimum absolute atomic E-state index is 0.0625. The van der Waals surface area contributed by atoms with Crippen molar-refractivity contribution in [1.82, 2.24) is 20.1 Å². The average molecular weight is 258 g/mol. The van der Waals surface area contributed by atoms with Crippen LogP contribution in [0.15, 0.2) is 30.5 Å². The summed E-state index contributed by atoms with van der Waals surface area (Å²) in [5, 5.41) is 7.24. The van der Waals surface area contributed by atoms with E-state index < -0.39 is 0 Å². The van der Waals surface area contributed by atoms with Crippen LogP contribution >= 0.6 is 0 Å². The molecule has 0 radical (unpaired) electrons. The fraction of sp³-hybridized carbons (Fsp3) is 0.357. The molecular formula is C14H18N4O. The predicted octanol–water partition coefficient (Wildman–Crippen LogP) is 1.90. The molecule has 19 heavy (non-hydrogen) atoms. The lowest BCUT2D eigenvalue weighted by molar-refractivity contribution is -0.121. The van der Waals surface area contributed by atoms with Crippen LogP contribution in [0.4, 0.5) is 0 Å². The highest BCUT2D eigenvalue weighted by Gasteiger charge is 2.08. The van der Waals surface area contributed by atoms with Crippen molar-refractivity contribution in [2.75, 3.05) is 0 Å². The summed E-state index contributed by atoms with van der Waals surface area (Å²) < 4.78 is 1.78. The number of hydrogen-bond acceptors (Lipinski definition) is 3. The van der Waals surface area contributed by atoms with Crippen LogP contribution in [0.1, 0.15) is 25.5 Å². The molecule has 5 nitrogen and oxygen atoms in total. The number of aryl methyl sites for hydroxylation is 1. The molecule has 0 atom stereocenters. The van der Waals surface area contributed by atoms with Crippen LogP contribution in [-0.4, -0.2) is 20.7 Å². The van der Waals surface area contributed by atoms with Crippen molar-refractivity contribution in [1.29, 1.82) is 0 Å². The number of aromatic nitrogens is 3. The summed E-state index contributed by atoms with van der Waals surface area (Å²) in [5.74, 6) is 0.0625. The number of carbonyl (C=O) groups is 1. The molecule has 2 rings (SSSR count). The lowest BCUT2D eigenvalue weighted by atomic mass is 10.2. The zero-order chi connectivity index (χ0) is 13.7. The molecule has 1 N–H and O–H groups in total. The van der Waals surface area contributed by atoms with Crippen molar-refractivity contribution < 1.29 is 4.79 Å². The lowest BCUT2D eigenvalue weighted by Gasteiger charge is -2.00. The maximum Gasteiger partial charge on any atom is 0.220 e. The molecule has 0 spiro atoms. The molecule has 0 unspecified atom stereocenters. The van der Waals surface area contributed by atoms with Crippen molar-refractivity contribution >= 4 is 5.91 Å². The zero-order valence-electron chi connectivity index (χ0n) is 11.3. The van der Waals surface area contributed by atoms with E-state index in [0.717, 1.165) is 23.5 Å². The molecule has 2 aromatic rings. The molecule has 0 bridgehead atoms. The van der Waals surface area contributed by atoms with E-state index in [0.29, 0.717) is 13.0 Å². The van der Waals surface area contributed by atoms with E-state index in [4.69, 9.17) is 0 Å².